The third kappa shape index (κ3) is 5.07. The summed E-state index contributed by atoms with van der Waals surface area (Å²) in [6.07, 6.45) is 6.62. The molecule has 128 valence electrons. The minimum absolute atomic E-state index is 0.0578. The van der Waals surface area contributed by atoms with Crippen LogP contribution in [0, 0.1) is 12.3 Å². The van der Waals surface area contributed by atoms with Gasteiger partial charge in [-0.25, -0.2) is 0 Å². The lowest BCUT2D eigenvalue weighted by atomic mass is 9.77. The first kappa shape index (κ1) is 18.0. The molecule has 0 atom stereocenters. The van der Waals surface area contributed by atoms with E-state index >= 15 is 0 Å². The molecule has 1 aromatic rings. The average Bonchev–Trinajstić information content (AvgIpc) is 2.60. The van der Waals surface area contributed by atoms with E-state index in [-0.39, 0.29) is 17.9 Å². The third-order valence-electron chi connectivity index (χ3n) is 5.49. The lowest BCUT2D eigenvalue weighted by Crippen LogP contribution is -2.44. The van der Waals surface area contributed by atoms with Crippen molar-refractivity contribution in [3.05, 3.63) is 35.4 Å². The number of carbonyl (C=O) groups is 1. The fraction of sp³-hybridized carbons (Fsp3) is 0.650. The number of carbonyl (C=O) groups excluding carboxylic acids is 1. The van der Waals surface area contributed by atoms with Crippen molar-refractivity contribution in [3.8, 4) is 0 Å². The van der Waals surface area contributed by atoms with Gasteiger partial charge in [0, 0.05) is 26.1 Å². The molecule has 1 heterocycles. The van der Waals surface area contributed by atoms with Gasteiger partial charge in [0.25, 0.3) is 0 Å². The van der Waals surface area contributed by atoms with Crippen LogP contribution in [0.15, 0.2) is 24.3 Å². The van der Waals surface area contributed by atoms with Crippen LogP contribution in [0.2, 0.25) is 0 Å². The van der Waals surface area contributed by atoms with Gasteiger partial charge in [0.1, 0.15) is 0 Å². The lowest BCUT2D eigenvalue weighted by molar-refractivity contribution is -0.134. The van der Waals surface area contributed by atoms with Crippen molar-refractivity contribution in [2.45, 2.75) is 58.8 Å². The summed E-state index contributed by atoms with van der Waals surface area (Å²) < 4.78 is 0. The van der Waals surface area contributed by atoms with Gasteiger partial charge in [-0.3, -0.25) is 4.79 Å². The van der Waals surface area contributed by atoms with Gasteiger partial charge in [-0.15, -0.1) is 0 Å². The molecule has 0 radical (unpaired) electrons. The monoisotopic (exact) mass is 317 g/mol. The van der Waals surface area contributed by atoms with Gasteiger partial charge in [0.05, 0.1) is 0 Å². The van der Waals surface area contributed by atoms with Crippen LogP contribution in [0.5, 0.6) is 0 Å². The Morgan fingerprint density at radius 1 is 1.17 bits per heavy atom. The van der Waals surface area contributed by atoms with E-state index in [2.05, 4.69) is 38.1 Å². The van der Waals surface area contributed by atoms with Crippen molar-refractivity contribution in [2.75, 3.05) is 19.7 Å². The normalized spacial score (nSPS) is 17.3. The molecule has 0 unspecified atom stereocenters. The first-order valence-corrected chi connectivity index (χ1v) is 9.03. The molecule has 1 aliphatic rings. The number of hydrogen-bond donors (Lipinski definition) is 1. The lowest BCUT2D eigenvalue weighted by Gasteiger charge is -2.40. The molecule has 0 spiro atoms. The number of aliphatic hydroxyl groups is 1. The van der Waals surface area contributed by atoms with E-state index in [1.807, 2.05) is 4.90 Å². The molecule has 0 aliphatic carbocycles. The molecule has 3 nitrogen and oxygen atoms in total. The molecule has 2 rings (SSSR count). The first-order valence-electron chi connectivity index (χ1n) is 9.03. The number of amides is 1. The van der Waals surface area contributed by atoms with Crippen LogP contribution in [0.3, 0.4) is 0 Å². The number of rotatable bonds is 7. The molecule has 0 saturated carbocycles. The zero-order chi connectivity index (χ0) is 16.7. The quantitative estimate of drug-likeness (QED) is 0.779. The second kappa shape index (κ2) is 8.49. The smallest absolute Gasteiger partial charge is 0.222 e. The van der Waals surface area contributed by atoms with E-state index in [0.717, 1.165) is 51.6 Å². The molecule has 1 aromatic carbocycles. The van der Waals surface area contributed by atoms with Crippen LogP contribution in [0.1, 0.15) is 56.6 Å². The second-order valence-corrected chi connectivity index (χ2v) is 7.09. The fourth-order valence-corrected chi connectivity index (χ4v) is 3.37. The molecule has 1 aliphatic heterocycles. The van der Waals surface area contributed by atoms with E-state index in [0.29, 0.717) is 6.42 Å². The Balaban J connectivity index is 1.66. The van der Waals surface area contributed by atoms with Crippen LogP contribution < -0.4 is 0 Å². The highest BCUT2D eigenvalue weighted by atomic mass is 16.3. The standard InChI is InChI=1S/C20H31NO2/c1-3-20(16-22)12-14-21(15-13-20)19(23)7-5-4-6-18-10-8-17(2)9-11-18/h8-11,22H,3-7,12-16H2,1-2H3. The molecule has 23 heavy (non-hydrogen) atoms. The Morgan fingerprint density at radius 3 is 2.39 bits per heavy atom. The largest absolute Gasteiger partial charge is 0.396 e. The van der Waals surface area contributed by atoms with E-state index in [9.17, 15) is 9.90 Å². The molecular formula is C20H31NO2. The van der Waals surface area contributed by atoms with Gasteiger partial charge in [-0.2, -0.15) is 0 Å². The highest BCUT2D eigenvalue weighted by Crippen LogP contribution is 2.34. The van der Waals surface area contributed by atoms with Crippen molar-refractivity contribution in [2.24, 2.45) is 5.41 Å². The van der Waals surface area contributed by atoms with Gasteiger partial charge in [0.15, 0.2) is 0 Å². The van der Waals surface area contributed by atoms with Gasteiger partial charge in [-0.05, 0) is 56.4 Å². The number of piperidine rings is 1. The van der Waals surface area contributed by atoms with Crippen molar-refractivity contribution in [1.82, 2.24) is 4.90 Å². The summed E-state index contributed by atoms with van der Waals surface area (Å²) >= 11 is 0. The van der Waals surface area contributed by atoms with Crippen LogP contribution in [0.4, 0.5) is 0 Å². The van der Waals surface area contributed by atoms with Gasteiger partial charge < -0.3 is 10.0 Å². The van der Waals surface area contributed by atoms with Gasteiger partial charge >= 0.3 is 0 Å². The SMILES string of the molecule is CCC1(CO)CCN(C(=O)CCCCc2ccc(C)cc2)CC1. The maximum Gasteiger partial charge on any atom is 0.222 e. The van der Waals surface area contributed by atoms with Gasteiger partial charge in [0.2, 0.25) is 5.91 Å². The van der Waals surface area contributed by atoms with E-state index in [1.165, 1.54) is 11.1 Å². The number of hydrogen-bond acceptors (Lipinski definition) is 2. The minimum atomic E-state index is 0.0578. The Hall–Kier alpha value is -1.35. The Labute approximate surface area is 140 Å². The van der Waals surface area contributed by atoms with Crippen LogP contribution in [0.25, 0.3) is 0 Å². The summed E-state index contributed by atoms with van der Waals surface area (Å²) in [5, 5.41) is 9.56. The first-order chi connectivity index (χ1) is 11.1. The molecule has 1 fully saturated rings. The molecule has 1 amide bonds. The number of aliphatic hydroxyl groups excluding tert-OH is 1. The number of likely N-dealkylation sites (tertiary alicyclic amines) is 1. The predicted octanol–water partition coefficient (Wildman–Crippen LogP) is 3.72. The van der Waals surface area contributed by atoms with E-state index < -0.39 is 0 Å². The summed E-state index contributed by atoms with van der Waals surface area (Å²) in [6, 6.07) is 8.66. The summed E-state index contributed by atoms with van der Waals surface area (Å²) in [7, 11) is 0. The van der Waals surface area contributed by atoms with Crippen molar-refractivity contribution in [3.63, 3.8) is 0 Å². The van der Waals surface area contributed by atoms with Crippen molar-refractivity contribution < 1.29 is 9.90 Å². The fourth-order valence-electron chi connectivity index (χ4n) is 3.37. The van der Waals surface area contributed by atoms with E-state index in [1.54, 1.807) is 0 Å². The third-order valence-corrected chi connectivity index (χ3v) is 5.49. The molecule has 0 bridgehead atoms. The molecule has 1 N–H and O–H groups in total. The number of aryl methyl sites for hydroxylation is 2. The summed E-state index contributed by atoms with van der Waals surface area (Å²) in [6.45, 7) is 6.11. The zero-order valence-electron chi connectivity index (χ0n) is 14.7. The van der Waals surface area contributed by atoms with Crippen LogP contribution >= 0.6 is 0 Å². The number of nitrogens with zero attached hydrogens (tertiary/aromatic N) is 1. The summed E-state index contributed by atoms with van der Waals surface area (Å²) in [5.74, 6) is 0.288. The van der Waals surface area contributed by atoms with E-state index in [4.69, 9.17) is 0 Å². The average molecular weight is 317 g/mol. The molecule has 1 saturated heterocycles. The zero-order valence-corrected chi connectivity index (χ0v) is 14.7. The topological polar surface area (TPSA) is 40.5 Å². The molecule has 3 heteroatoms. The maximum atomic E-state index is 12.3. The van der Waals surface area contributed by atoms with Crippen LogP contribution in [-0.4, -0.2) is 35.6 Å². The van der Waals surface area contributed by atoms with Crippen molar-refractivity contribution in [1.29, 1.82) is 0 Å². The Kier molecular flexibility index (Phi) is 6.64. The van der Waals surface area contributed by atoms with Crippen LogP contribution in [-0.2, 0) is 11.2 Å². The van der Waals surface area contributed by atoms with Gasteiger partial charge in [-0.1, -0.05) is 36.8 Å². The van der Waals surface area contributed by atoms with Crippen molar-refractivity contribution >= 4 is 5.91 Å². The Morgan fingerprint density at radius 2 is 1.83 bits per heavy atom. The number of unbranched alkanes of at least 4 members (excludes halogenated alkanes) is 1. The predicted molar refractivity (Wildman–Crippen MR) is 94.4 cm³/mol. The summed E-state index contributed by atoms with van der Waals surface area (Å²) in [5.41, 5.74) is 2.71. The number of benzene rings is 1. The Bertz CT molecular complexity index is 481. The molecular weight excluding hydrogens is 286 g/mol. The second-order valence-electron chi connectivity index (χ2n) is 7.09. The molecule has 0 aromatic heterocycles. The minimum Gasteiger partial charge on any atom is -0.396 e. The summed E-state index contributed by atoms with van der Waals surface area (Å²) in [4.78, 5) is 14.3. The highest BCUT2D eigenvalue weighted by molar-refractivity contribution is 5.76. The maximum absolute atomic E-state index is 12.3. The highest BCUT2D eigenvalue weighted by Gasteiger charge is 2.33.